The van der Waals surface area contributed by atoms with E-state index in [9.17, 15) is 9.59 Å². The lowest BCUT2D eigenvalue weighted by Gasteiger charge is -2.05. The van der Waals surface area contributed by atoms with Crippen molar-refractivity contribution in [1.29, 1.82) is 0 Å². The number of methoxy groups -OCH3 is 1. The fourth-order valence-electron chi connectivity index (χ4n) is 1.66. The van der Waals surface area contributed by atoms with Crippen LogP contribution in [0.25, 0.3) is 11.0 Å². The van der Waals surface area contributed by atoms with E-state index in [0.717, 1.165) is 0 Å². The van der Waals surface area contributed by atoms with Crippen molar-refractivity contribution in [1.82, 2.24) is 0 Å². The van der Waals surface area contributed by atoms with E-state index < -0.39 is 11.6 Å². The summed E-state index contributed by atoms with van der Waals surface area (Å²) in [6.07, 6.45) is 5.62. The standard InChI is InChI=1S/C15H12O5/c1-3-4-7-19-11-6-5-10-8-12(14(16)18-2)15(17)20-13(10)9-11/h1,5-6,8-9H,4,7H2,2H3. The molecule has 0 saturated carbocycles. The monoisotopic (exact) mass is 272 g/mol. The molecule has 0 aliphatic rings. The van der Waals surface area contributed by atoms with Crippen LogP contribution in [-0.2, 0) is 4.74 Å². The Morgan fingerprint density at radius 1 is 1.40 bits per heavy atom. The quantitative estimate of drug-likeness (QED) is 0.368. The average molecular weight is 272 g/mol. The Bertz CT molecular complexity index is 736. The molecule has 5 heteroatoms. The lowest BCUT2D eigenvalue weighted by molar-refractivity contribution is 0.0596. The number of carbonyl (C=O) groups is 1. The van der Waals surface area contributed by atoms with Gasteiger partial charge >= 0.3 is 11.6 Å². The van der Waals surface area contributed by atoms with E-state index in [2.05, 4.69) is 10.7 Å². The van der Waals surface area contributed by atoms with Crippen molar-refractivity contribution in [3.8, 4) is 18.1 Å². The molecule has 0 amide bonds. The minimum Gasteiger partial charge on any atom is -0.492 e. The van der Waals surface area contributed by atoms with E-state index in [1.54, 1.807) is 18.2 Å². The summed E-state index contributed by atoms with van der Waals surface area (Å²) in [5.74, 6) is 2.28. The lowest BCUT2D eigenvalue weighted by Crippen LogP contribution is -2.14. The Labute approximate surface area is 115 Å². The molecule has 102 valence electrons. The summed E-state index contributed by atoms with van der Waals surface area (Å²) in [5.41, 5.74) is -0.549. The molecule has 0 aliphatic heterocycles. The third kappa shape index (κ3) is 2.81. The van der Waals surface area contributed by atoms with Gasteiger partial charge in [0.1, 0.15) is 16.9 Å². The summed E-state index contributed by atoms with van der Waals surface area (Å²) in [7, 11) is 1.20. The molecule has 5 nitrogen and oxygen atoms in total. The molecule has 2 aromatic rings. The van der Waals surface area contributed by atoms with Crippen LogP contribution in [0.15, 0.2) is 33.5 Å². The number of hydrogen-bond acceptors (Lipinski definition) is 5. The summed E-state index contributed by atoms with van der Waals surface area (Å²) < 4.78 is 15.0. The Balaban J connectivity index is 2.38. The van der Waals surface area contributed by atoms with Gasteiger partial charge in [-0.25, -0.2) is 9.59 Å². The number of hydrogen-bond donors (Lipinski definition) is 0. The number of terminal acetylenes is 1. The van der Waals surface area contributed by atoms with Crippen LogP contribution in [-0.4, -0.2) is 19.7 Å². The minimum atomic E-state index is -0.745. The van der Waals surface area contributed by atoms with Crippen LogP contribution >= 0.6 is 0 Å². The highest BCUT2D eigenvalue weighted by molar-refractivity contribution is 5.92. The number of rotatable bonds is 4. The summed E-state index contributed by atoms with van der Waals surface area (Å²) in [5, 5.41) is 0.606. The third-order valence-corrected chi connectivity index (χ3v) is 2.63. The zero-order valence-electron chi connectivity index (χ0n) is 10.8. The second-order valence-corrected chi connectivity index (χ2v) is 3.94. The van der Waals surface area contributed by atoms with Crippen molar-refractivity contribution >= 4 is 16.9 Å². The first-order valence-electron chi connectivity index (χ1n) is 5.88. The number of esters is 1. The third-order valence-electron chi connectivity index (χ3n) is 2.63. The molecule has 0 aliphatic carbocycles. The molecule has 0 radical (unpaired) electrons. The van der Waals surface area contributed by atoms with Crippen molar-refractivity contribution in [2.24, 2.45) is 0 Å². The first kappa shape index (κ1) is 13.7. The van der Waals surface area contributed by atoms with E-state index in [4.69, 9.17) is 15.6 Å². The molecule has 1 aromatic heterocycles. The van der Waals surface area contributed by atoms with Gasteiger partial charge in [0.05, 0.1) is 13.7 Å². The molecular weight excluding hydrogens is 260 g/mol. The van der Waals surface area contributed by atoms with Gasteiger partial charge in [-0.1, -0.05) is 0 Å². The van der Waals surface area contributed by atoms with Crippen molar-refractivity contribution in [2.75, 3.05) is 13.7 Å². The minimum absolute atomic E-state index is 0.138. The van der Waals surface area contributed by atoms with Crippen LogP contribution in [0.1, 0.15) is 16.8 Å². The molecule has 0 saturated heterocycles. The predicted octanol–water partition coefficient (Wildman–Crippen LogP) is 1.98. The van der Waals surface area contributed by atoms with Gasteiger partial charge < -0.3 is 13.9 Å². The number of benzene rings is 1. The SMILES string of the molecule is C#CCCOc1ccc2cc(C(=O)OC)c(=O)oc2c1. The van der Waals surface area contributed by atoms with Crippen molar-refractivity contribution in [2.45, 2.75) is 6.42 Å². The Hall–Kier alpha value is -2.74. The fourth-order valence-corrected chi connectivity index (χ4v) is 1.66. The van der Waals surface area contributed by atoms with Gasteiger partial charge in [0.25, 0.3) is 0 Å². The molecule has 20 heavy (non-hydrogen) atoms. The van der Waals surface area contributed by atoms with Crippen molar-refractivity contribution < 1.29 is 18.7 Å². The van der Waals surface area contributed by atoms with Gasteiger partial charge in [0, 0.05) is 17.9 Å². The van der Waals surface area contributed by atoms with E-state index in [1.165, 1.54) is 13.2 Å². The van der Waals surface area contributed by atoms with Crippen LogP contribution in [0.2, 0.25) is 0 Å². The highest BCUT2D eigenvalue weighted by atomic mass is 16.5. The zero-order chi connectivity index (χ0) is 14.5. The Morgan fingerprint density at radius 2 is 2.20 bits per heavy atom. The van der Waals surface area contributed by atoms with Crippen LogP contribution in [0.4, 0.5) is 0 Å². The summed E-state index contributed by atoms with van der Waals surface area (Å²) >= 11 is 0. The molecule has 2 rings (SSSR count). The highest BCUT2D eigenvalue weighted by Crippen LogP contribution is 2.20. The lowest BCUT2D eigenvalue weighted by atomic mass is 10.2. The number of ether oxygens (including phenoxy) is 2. The molecule has 0 bridgehead atoms. The van der Waals surface area contributed by atoms with Crippen LogP contribution in [0.5, 0.6) is 5.75 Å². The number of fused-ring (bicyclic) bond motifs is 1. The van der Waals surface area contributed by atoms with Crippen LogP contribution in [0.3, 0.4) is 0 Å². The zero-order valence-corrected chi connectivity index (χ0v) is 10.8. The number of carbonyl (C=O) groups excluding carboxylic acids is 1. The van der Waals surface area contributed by atoms with Crippen LogP contribution in [0, 0.1) is 12.3 Å². The van der Waals surface area contributed by atoms with E-state index >= 15 is 0 Å². The first-order valence-corrected chi connectivity index (χ1v) is 5.88. The summed E-state index contributed by atoms with van der Waals surface area (Å²) in [6, 6.07) is 6.41. The fraction of sp³-hybridized carbons (Fsp3) is 0.200. The maximum atomic E-state index is 11.7. The predicted molar refractivity (Wildman–Crippen MR) is 72.8 cm³/mol. The summed E-state index contributed by atoms with van der Waals surface area (Å²) in [4.78, 5) is 23.1. The van der Waals surface area contributed by atoms with Crippen molar-refractivity contribution in [3.63, 3.8) is 0 Å². The summed E-state index contributed by atoms with van der Waals surface area (Å²) in [6.45, 7) is 0.381. The Kier molecular flexibility index (Phi) is 4.06. The largest absolute Gasteiger partial charge is 0.492 e. The van der Waals surface area contributed by atoms with Gasteiger partial charge in [0.15, 0.2) is 0 Å². The molecule has 1 heterocycles. The Morgan fingerprint density at radius 3 is 2.90 bits per heavy atom. The van der Waals surface area contributed by atoms with Gasteiger partial charge in [-0.3, -0.25) is 0 Å². The van der Waals surface area contributed by atoms with E-state index in [0.29, 0.717) is 29.7 Å². The second kappa shape index (κ2) is 5.93. The topological polar surface area (TPSA) is 65.7 Å². The molecule has 0 spiro atoms. The van der Waals surface area contributed by atoms with Gasteiger partial charge in [-0.15, -0.1) is 12.3 Å². The first-order chi connectivity index (χ1) is 9.65. The van der Waals surface area contributed by atoms with Gasteiger partial charge in [0.2, 0.25) is 0 Å². The molecule has 0 unspecified atom stereocenters. The molecule has 0 N–H and O–H groups in total. The van der Waals surface area contributed by atoms with Crippen LogP contribution < -0.4 is 10.4 Å². The van der Waals surface area contributed by atoms with Gasteiger partial charge in [-0.05, 0) is 18.2 Å². The van der Waals surface area contributed by atoms with Gasteiger partial charge in [-0.2, -0.15) is 0 Å². The van der Waals surface area contributed by atoms with Crippen molar-refractivity contribution in [3.05, 3.63) is 40.2 Å². The normalized spacial score (nSPS) is 10.0. The maximum Gasteiger partial charge on any atom is 0.351 e. The smallest absolute Gasteiger partial charge is 0.351 e. The second-order valence-electron chi connectivity index (χ2n) is 3.94. The van der Waals surface area contributed by atoms with E-state index in [1.807, 2.05) is 0 Å². The molecule has 1 aromatic carbocycles. The maximum absolute atomic E-state index is 11.7. The molecule has 0 fully saturated rings. The van der Waals surface area contributed by atoms with E-state index in [-0.39, 0.29) is 5.56 Å². The average Bonchev–Trinajstić information content (AvgIpc) is 2.46. The highest BCUT2D eigenvalue weighted by Gasteiger charge is 2.14. The molecular formula is C15H12O5. The molecule has 0 atom stereocenters.